The predicted octanol–water partition coefficient (Wildman–Crippen LogP) is 3.11. The number of sulfonamides is 1. The predicted molar refractivity (Wildman–Crippen MR) is 104 cm³/mol. The Hall–Kier alpha value is -2.56. The molecule has 3 aromatic rings. The first-order chi connectivity index (χ1) is 13.3. The van der Waals surface area contributed by atoms with Crippen molar-refractivity contribution >= 4 is 31.9 Å². The molecule has 0 atom stereocenters. The van der Waals surface area contributed by atoms with E-state index in [2.05, 4.69) is 26.1 Å². The van der Waals surface area contributed by atoms with Gasteiger partial charge in [0.25, 0.3) is 5.89 Å². The van der Waals surface area contributed by atoms with E-state index >= 15 is 0 Å². The summed E-state index contributed by atoms with van der Waals surface area (Å²) >= 11 is 3.40. The summed E-state index contributed by atoms with van der Waals surface area (Å²) in [5, 5.41) is 7.81. The summed E-state index contributed by atoms with van der Waals surface area (Å²) in [5.74, 6) is -0.183. The summed E-state index contributed by atoms with van der Waals surface area (Å²) in [6.07, 6.45) is 0. The third-order valence-corrected chi connectivity index (χ3v) is 6.29. The molecule has 28 heavy (non-hydrogen) atoms. The van der Waals surface area contributed by atoms with E-state index in [0.717, 1.165) is 14.3 Å². The van der Waals surface area contributed by atoms with Crippen molar-refractivity contribution in [1.82, 2.24) is 14.5 Å². The van der Waals surface area contributed by atoms with Gasteiger partial charge in [0.05, 0.1) is 16.0 Å². The second kappa shape index (κ2) is 8.21. The number of rotatable bonds is 6. The largest absolute Gasteiger partial charge is 0.452 e. The third kappa shape index (κ3) is 4.29. The highest BCUT2D eigenvalue weighted by atomic mass is 79.9. The van der Waals surface area contributed by atoms with Crippen molar-refractivity contribution in [3.05, 3.63) is 64.5 Å². The first kappa shape index (κ1) is 20.2. The van der Waals surface area contributed by atoms with Crippen LogP contribution in [0.15, 0.2) is 62.3 Å². The molecule has 146 valence electrons. The molecule has 3 rings (SSSR count). The number of carbonyl (C=O) groups is 1. The van der Waals surface area contributed by atoms with E-state index in [1.54, 1.807) is 0 Å². The molecule has 10 heteroatoms. The second-order valence-electron chi connectivity index (χ2n) is 5.87. The minimum absolute atomic E-state index is 0.0871. The van der Waals surface area contributed by atoms with Crippen LogP contribution in [0.5, 0.6) is 0 Å². The monoisotopic (exact) mass is 465 g/mol. The van der Waals surface area contributed by atoms with Crippen LogP contribution < -0.4 is 0 Å². The van der Waals surface area contributed by atoms with Crippen LogP contribution in [0.2, 0.25) is 0 Å². The maximum atomic E-state index is 12.2. The molecule has 0 unspecified atom stereocenters. The SMILES string of the molecule is CN(C)S(=O)(=O)c1ccc(C(=O)OCc2nnc(-c3ccccc3Br)o2)cc1. The number of nitrogens with zero attached hydrogens (tertiary/aromatic N) is 3. The maximum absolute atomic E-state index is 12.2. The average Bonchev–Trinajstić information content (AvgIpc) is 3.15. The number of halogens is 1. The Morgan fingerprint density at radius 3 is 2.43 bits per heavy atom. The fourth-order valence-electron chi connectivity index (χ4n) is 2.24. The molecule has 0 amide bonds. The van der Waals surface area contributed by atoms with Crippen LogP contribution >= 0.6 is 15.9 Å². The van der Waals surface area contributed by atoms with E-state index in [-0.39, 0.29) is 23.0 Å². The molecular weight excluding hydrogens is 450 g/mol. The van der Waals surface area contributed by atoms with Gasteiger partial charge in [-0.1, -0.05) is 12.1 Å². The molecule has 1 heterocycles. The Labute approximate surface area is 170 Å². The minimum atomic E-state index is -3.56. The van der Waals surface area contributed by atoms with Gasteiger partial charge in [-0.2, -0.15) is 0 Å². The molecule has 0 aliphatic heterocycles. The zero-order chi connectivity index (χ0) is 20.3. The zero-order valence-electron chi connectivity index (χ0n) is 15.0. The standard InChI is InChI=1S/C18H16BrN3O5S/c1-22(2)28(24,25)13-9-7-12(8-10-13)18(23)26-11-16-20-21-17(27-16)14-5-3-4-6-15(14)19/h3-10H,11H2,1-2H3. The van der Waals surface area contributed by atoms with Gasteiger partial charge in [-0.25, -0.2) is 17.5 Å². The summed E-state index contributed by atoms with van der Waals surface area (Å²) in [7, 11) is -0.688. The molecule has 0 N–H and O–H groups in total. The molecule has 0 aliphatic carbocycles. The topological polar surface area (TPSA) is 103 Å². The van der Waals surface area contributed by atoms with Crippen molar-refractivity contribution in [3.8, 4) is 11.5 Å². The Kier molecular flexibility index (Phi) is 5.92. The molecule has 0 saturated heterocycles. The van der Waals surface area contributed by atoms with E-state index in [0.29, 0.717) is 5.89 Å². The van der Waals surface area contributed by atoms with Crippen molar-refractivity contribution in [3.63, 3.8) is 0 Å². The summed E-state index contributed by atoms with van der Waals surface area (Å²) in [4.78, 5) is 12.3. The van der Waals surface area contributed by atoms with Crippen LogP contribution in [0.25, 0.3) is 11.5 Å². The second-order valence-corrected chi connectivity index (χ2v) is 8.87. The highest BCUT2D eigenvalue weighted by Gasteiger charge is 2.18. The number of benzene rings is 2. The van der Waals surface area contributed by atoms with Gasteiger partial charge in [-0.05, 0) is 52.3 Å². The zero-order valence-corrected chi connectivity index (χ0v) is 17.4. The van der Waals surface area contributed by atoms with E-state index in [9.17, 15) is 13.2 Å². The van der Waals surface area contributed by atoms with Gasteiger partial charge in [0.15, 0.2) is 6.61 Å². The Bertz CT molecular complexity index is 1090. The lowest BCUT2D eigenvalue weighted by Gasteiger charge is -2.11. The van der Waals surface area contributed by atoms with Crippen molar-refractivity contribution in [2.45, 2.75) is 11.5 Å². The molecule has 0 aliphatic rings. The summed E-state index contributed by atoms with van der Waals surface area (Å²) in [6.45, 7) is -0.200. The number of esters is 1. The lowest BCUT2D eigenvalue weighted by molar-refractivity contribution is 0.0438. The summed E-state index contributed by atoms with van der Waals surface area (Å²) in [6, 6.07) is 12.8. The highest BCUT2D eigenvalue weighted by molar-refractivity contribution is 9.10. The number of aromatic nitrogens is 2. The normalized spacial score (nSPS) is 11.6. The molecule has 0 spiro atoms. The summed E-state index contributed by atoms with van der Waals surface area (Å²) in [5.41, 5.74) is 0.938. The van der Waals surface area contributed by atoms with Gasteiger partial charge in [-0.15, -0.1) is 10.2 Å². The molecule has 8 nitrogen and oxygen atoms in total. The molecule has 0 bridgehead atoms. The maximum Gasteiger partial charge on any atom is 0.338 e. The first-order valence-corrected chi connectivity index (χ1v) is 10.3. The lowest BCUT2D eigenvalue weighted by Crippen LogP contribution is -2.22. The number of hydrogen-bond donors (Lipinski definition) is 0. The van der Waals surface area contributed by atoms with Crippen LogP contribution in [0.1, 0.15) is 16.2 Å². The number of carbonyl (C=O) groups excluding carboxylic acids is 1. The van der Waals surface area contributed by atoms with E-state index in [1.165, 1.54) is 38.4 Å². The molecule has 2 aromatic carbocycles. The van der Waals surface area contributed by atoms with Gasteiger partial charge >= 0.3 is 5.97 Å². The van der Waals surface area contributed by atoms with Crippen molar-refractivity contribution in [2.24, 2.45) is 0 Å². The van der Waals surface area contributed by atoms with Crippen LogP contribution in [0.3, 0.4) is 0 Å². The van der Waals surface area contributed by atoms with Crippen LogP contribution in [-0.2, 0) is 21.4 Å². The average molecular weight is 466 g/mol. The van der Waals surface area contributed by atoms with Gasteiger partial charge < -0.3 is 9.15 Å². The van der Waals surface area contributed by atoms with Crippen molar-refractivity contribution in [2.75, 3.05) is 14.1 Å². The Morgan fingerprint density at radius 2 is 1.79 bits per heavy atom. The van der Waals surface area contributed by atoms with Crippen LogP contribution in [-0.4, -0.2) is 43.0 Å². The smallest absolute Gasteiger partial charge is 0.338 e. The Balaban J connectivity index is 1.66. The quantitative estimate of drug-likeness (QED) is 0.515. The molecule has 1 aromatic heterocycles. The molecule has 0 saturated carbocycles. The highest BCUT2D eigenvalue weighted by Crippen LogP contribution is 2.26. The third-order valence-electron chi connectivity index (χ3n) is 3.77. The van der Waals surface area contributed by atoms with Gasteiger partial charge in [0.1, 0.15) is 0 Å². The number of hydrogen-bond acceptors (Lipinski definition) is 7. The van der Waals surface area contributed by atoms with Crippen LogP contribution in [0, 0.1) is 0 Å². The van der Waals surface area contributed by atoms with Crippen molar-refractivity contribution in [1.29, 1.82) is 0 Å². The molecule has 0 fully saturated rings. The fourth-order valence-corrected chi connectivity index (χ4v) is 3.60. The Morgan fingerprint density at radius 1 is 1.11 bits per heavy atom. The molecular formula is C18H16BrN3O5S. The minimum Gasteiger partial charge on any atom is -0.452 e. The van der Waals surface area contributed by atoms with Crippen molar-refractivity contribution < 1.29 is 22.4 Å². The summed E-state index contributed by atoms with van der Waals surface area (Å²) < 4.78 is 36.7. The van der Waals surface area contributed by atoms with Crippen LogP contribution in [0.4, 0.5) is 0 Å². The van der Waals surface area contributed by atoms with Gasteiger partial charge in [-0.3, -0.25) is 0 Å². The molecule has 0 radical (unpaired) electrons. The van der Waals surface area contributed by atoms with Gasteiger partial charge in [0, 0.05) is 18.6 Å². The lowest BCUT2D eigenvalue weighted by atomic mass is 10.2. The van der Waals surface area contributed by atoms with E-state index < -0.39 is 16.0 Å². The first-order valence-electron chi connectivity index (χ1n) is 8.06. The van der Waals surface area contributed by atoms with E-state index in [1.807, 2.05) is 24.3 Å². The fraction of sp³-hybridized carbons (Fsp3) is 0.167. The van der Waals surface area contributed by atoms with E-state index in [4.69, 9.17) is 9.15 Å². The number of ether oxygens (including phenoxy) is 1. The van der Waals surface area contributed by atoms with Gasteiger partial charge in [0.2, 0.25) is 15.9 Å².